The van der Waals surface area contributed by atoms with E-state index in [2.05, 4.69) is 25.4 Å². The van der Waals surface area contributed by atoms with Crippen LogP contribution in [0.15, 0.2) is 35.1 Å². The third-order valence-corrected chi connectivity index (χ3v) is 3.07. The first kappa shape index (κ1) is 15.7. The second-order valence-electron chi connectivity index (χ2n) is 4.84. The van der Waals surface area contributed by atoms with Gasteiger partial charge in [0.2, 0.25) is 0 Å². The molecular formula is C15H11F2N5O2. The molecule has 0 radical (unpaired) electrons. The van der Waals surface area contributed by atoms with Crippen molar-refractivity contribution >= 4 is 5.91 Å². The van der Waals surface area contributed by atoms with Crippen molar-refractivity contribution in [1.82, 2.24) is 25.4 Å². The fourth-order valence-electron chi connectivity index (χ4n) is 1.89. The van der Waals surface area contributed by atoms with Crippen LogP contribution in [0.3, 0.4) is 0 Å². The largest absolute Gasteiger partial charge is 0.343 e. The number of nitrogens with one attached hydrogen (secondary N) is 1. The average Bonchev–Trinajstić information content (AvgIpc) is 3.02. The molecule has 7 nitrogen and oxygen atoms in total. The van der Waals surface area contributed by atoms with Gasteiger partial charge in [-0.25, -0.2) is 13.8 Å². The first-order chi connectivity index (χ1) is 11.5. The minimum absolute atomic E-state index is 0.0704. The highest BCUT2D eigenvalue weighted by Crippen LogP contribution is 2.24. The lowest BCUT2D eigenvalue weighted by atomic mass is 10.2. The van der Waals surface area contributed by atoms with Gasteiger partial charge < -0.3 is 9.84 Å². The van der Waals surface area contributed by atoms with Crippen LogP contribution in [0.2, 0.25) is 0 Å². The Balaban J connectivity index is 1.70. The second-order valence-corrected chi connectivity index (χ2v) is 4.84. The maximum atomic E-state index is 13.7. The van der Waals surface area contributed by atoms with Crippen molar-refractivity contribution in [3.8, 4) is 11.5 Å². The van der Waals surface area contributed by atoms with Crippen molar-refractivity contribution in [2.45, 2.75) is 13.5 Å². The molecule has 1 amide bonds. The molecule has 1 aromatic carbocycles. The number of nitrogens with zero attached hydrogens (tertiary/aromatic N) is 4. The van der Waals surface area contributed by atoms with E-state index in [1.165, 1.54) is 18.5 Å². The van der Waals surface area contributed by atoms with E-state index >= 15 is 0 Å². The molecule has 3 aromatic rings. The van der Waals surface area contributed by atoms with Gasteiger partial charge in [0.15, 0.2) is 5.82 Å². The number of aryl methyl sites for hydroxylation is 1. The predicted molar refractivity (Wildman–Crippen MR) is 77.6 cm³/mol. The molecule has 2 aromatic heterocycles. The van der Waals surface area contributed by atoms with Crippen LogP contribution in [0.1, 0.15) is 22.0 Å². The minimum Gasteiger partial charge on any atom is -0.343 e. The number of aromatic nitrogens is 4. The molecule has 0 saturated heterocycles. The number of amides is 1. The van der Waals surface area contributed by atoms with Gasteiger partial charge in [0, 0.05) is 6.20 Å². The van der Waals surface area contributed by atoms with E-state index < -0.39 is 23.1 Å². The zero-order valence-corrected chi connectivity index (χ0v) is 12.5. The van der Waals surface area contributed by atoms with E-state index in [1.54, 1.807) is 6.92 Å². The first-order valence-corrected chi connectivity index (χ1v) is 6.88. The Labute approximate surface area is 134 Å². The summed E-state index contributed by atoms with van der Waals surface area (Å²) in [5.41, 5.74) is 0.401. The van der Waals surface area contributed by atoms with Gasteiger partial charge in [-0.2, -0.15) is 4.98 Å². The van der Waals surface area contributed by atoms with Crippen molar-refractivity contribution in [2.75, 3.05) is 0 Å². The molecular weight excluding hydrogens is 320 g/mol. The van der Waals surface area contributed by atoms with E-state index in [0.29, 0.717) is 5.69 Å². The molecule has 9 heteroatoms. The molecule has 0 bridgehead atoms. The summed E-state index contributed by atoms with van der Waals surface area (Å²) in [6.45, 7) is 1.66. The van der Waals surface area contributed by atoms with E-state index in [4.69, 9.17) is 4.52 Å². The fraction of sp³-hybridized carbons (Fsp3) is 0.133. The van der Waals surface area contributed by atoms with Gasteiger partial charge in [-0.1, -0.05) is 11.2 Å². The molecule has 1 N–H and O–H groups in total. The molecule has 0 saturated carbocycles. The maximum Gasteiger partial charge on any atom is 0.271 e. The number of halogens is 2. The molecule has 0 fully saturated rings. The average molecular weight is 331 g/mol. The molecule has 3 rings (SSSR count). The lowest BCUT2D eigenvalue weighted by Gasteiger charge is -2.01. The van der Waals surface area contributed by atoms with E-state index in [1.807, 2.05) is 0 Å². The van der Waals surface area contributed by atoms with Gasteiger partial charge in [-0.3, -0.25) is 9.78 Å². The molecule has 0 spiro atoms. The standard InChI is InChI=1S/C15H11F2N5O2/c1-8-5-19-11(6-18-8)14(23)20-7-12-21-15(24-22-12)13-9(16)3-2-4-10(13)17/h2-6H,7H2,1H3,(H,20,23). The SMILES string of the molecule is Cc1cnc(C(=O)NCc2noc(-c3c(F)cccc3F)n2)cn1. The number of benzene rings is 1. The summed E-state index contributed by atoms with van der Waals surface area (Å²) < 4.78 is 32.2. The molecule has 0 unspecified atom stereocenters. The maximum absolute atomic E-state index is 13.7. The van der Waals surface area contributed by atoms with Crippen LogP contribution in [0, 0.1) is 18.6 Å². The van der Waals surface area contributed by atoms with Crippen LogP contribution >= 0.6 is 0 Å². The zero-order chi connectivity index (χ0) is 17.1. The van der Waals surface area contributed by atoms with Crippen LogP contribution in [0.4, 0.5) is 8.78 Å². The van der Waals surface area contributed by atoms with Crippen molar-refractivity contribution in [3.63, 3.8) is 0 Å². The Morgan fingerprint density at radius 2 is 1.96 bits per heavy atom. The van der Waals surface area contributed by atoms with Crippen LogP contribution in [0.25, 0.3) is 11.5 Å². The van der Waals surface area contributed by atoms with E-state index in [0.717, 1.165) is 12.1 Å². The van der Waals surface area contributed by atoms with Gasteiger partial charge in [0.05, 0.1) is 18.4 Å². The highest BCUT2D eigenvalue weighted by Gasteiger charge is 2.18. The normalized spacial score (nSPS) is 10.6. The Bertz CT molecular complexity index is 860. The Hall–Kier alpha value is -3.23. The summed E-state index contributed by atoms with van der Waals surface area (Å²) in [5, 5.41) is 6.10. The van der Waals surface area contributed by atoms with Gasteiger partial charge in [0.1, 0.15) is 22.9 Å². The summed E-state index contributed by atoms with van der Waals surface area (Å²) in [5.74, 6) is -2.34. The molecule has 0 aliphatic rings. The van der Waals surface area contributed by atoms with E-state index in [-0.39, 0.29) is 24.0 Å². The van der Waals surface area contributed by atoms with E-state index in [9.17, 15) is 13.6 Å². The van der Waals surface area contributed by atoms with Gasteiger partial charge in [0.25, 0.3) is 11.8 Å². The predicted octanol–water partition coefficient (Wildman–Crippen LogP) is 2.04. The Kier molecular flexibility index (Phi) is 4.23. The summed E-state index contributed by atoms with van der Waals surface area (Å²) >= 11 is 0. The Morgan fingerprint density at radius 3 is 2.62 bits per heavy atom. The van der Waals surface area contributed by atoms with Crippen molar-refractivity contribution < 1.29 is 18.1 Å². The van der Waals surface area contributed by atoms with Crippen LogP contribution in [-0.2, 0) is 6.54 Å². The Morgan fingerprint density at radius 1 is 1.21 bits per heavy atom. The minimum atomic E-state index is -0.816. The number of hydrogen-bond acceptors (Lipinski definition) is 6. The third kappa shape index (κ3) is 3.24. The highest BCUT2D eigenvalue weighted by atomic mass is 19.1. The third-order valence-electron chi connectivity index (χ3n) is 3.07. The molecule has 0 atom stereocenters. The van der Waals surface area contributed by atoms with Crippen LogP contribution in [-0.4, -0.2) is 26.0 Å². The molecule has 0 aliphatic carbocycles. The highest BCUT2D eigenvalue weighted by molar-refractivity contribution is 5.91. The zero-order valence-electron chi connectivity index (χ0n) is 12.5. The quantitative estimate of drug-likeness (QED) is 0.786. The number of carbonyl (C=O) groups is 1. The number of hydrogen-bond donors (Lipinski definition) is 1. The second kappa shape index (κ2) is 6.49. The lowest BCUT2D eigenvalue weighted by Crippen LogP contribution is -2.24. The van der Waals surface area contributed by atoms with Crippen LogP contribution < -0.4 is 5.32 Å². The van der Waals surface area contributed by atoms with Gasteiger partial charge >= 0.3 is 0 Å². The molecule has 122 valence electrons. The molecule has 24 heavy (non-hydrogen) atoms. The van der Waals surface area contributed by atoms with Gasteiger partial charge in [-0.15, -0.1) is 0 Å². The first-order valence-electron chi connectivity index (χ1n) is 6.88. The fourth-order valence-corrected chi connectivity index (χ4v) is 1.89. The summed E-state index contributed by atoms with van der Waals surface area (Å²) in [4.78, 5) is 23.7. The van der Waals surface area contributed by atoms with Crippen molar-refractivity contribution in [1.29, 1.82) is 0 Å². The molecule has 0 aliphatic heterocycles. The summed E-state index contributed by atoms with van der Waals surface area (Å²) in [7, 11) is 0. The lowest BCUT2D eigenvalue weighted by molar-refractivity contribution is 0.0944. The number of rotatable bonds is 4. The van der Waals surface area contributed by atoms with Crippen molar-refractivity contribution in [3.05, 3.63) is 59.4 Å². The monoisotopic (exact) mass is 331 g/mol. The van der Waals surface area contributed by atoms with Crippen LogP contribution in [0.5, 0.6) is 0 Å². The summed E-state index contributed by atoms with van der Waals surface area (Å²) in [6, 6.07) is 3.40. The molecule has 2 heterocycles. The smallest absolute Gasteiger partial charge is 0.271 e. The number of carbonyl (C=O) groups excluding carboxylic acids is 1. The summed E-state index contributed by atoms with van der Waals surface area (Å²) in [6.07, 6.45) is 2.80. The topological polar surface area (TPSA) is 93.8 Å². The van der Waals surface area contributed by atoms with Gasteiger partial charge in [-0.05, 0) is 19.1 Å². The van der Waals surface area contributed by atoms with Crippen molar-refractivity contribution in [2.24, 2.45) is 0 Å².